The minimum Gasteiger partial charge on any atom is -0.490 e. The van der Waals surface area contributed by atoms with Crippen molar-refractivity contribution >= 4 is 23.9 Å². The SMILES string of the molecule is C=CC(=O)OCCCCCCCOc1cc(C(=O)O)cc(OCCCCCCCOC(=O)C=C)c1OCCCCCCCOC(=O)C=C. The summed E-state index contributed by atoms with van der Waals surface area (Å²) in [5, 5.41) is 9.77. The Morgan fingerprint density at radius 2 is 0.771 bits per heavy atom. The van der Waals surface area contributed by atoms with Crippen LogP contribution < -0.4 is 14.2 Å². The molecule has 0 atom stereocenters. The summed E-state index contributed by atoms with van der Waals surface area (Å²) in [6.07, 6.45) is 16.3. The van der Waals surface area contributed by atoms with E-state index in [4.69, 9.17) is 28.4 Å². The molecule has 0 amide bonds. The summed E-state index contributed by atoms with van der Waals surface area (Å²) in [6, 6.07) is 2.95. The highest BCUT2D eigenvalue weighted by molar-refractivity contribution is 5.89. The van der Waals surface area contributed by atoms with Crippen molar-refractivity contribution in [2.45, 2.75) is 96.3 Å². The van der Waals surface area contributed by atoms with E-state index in [0.717, 1.165) is 115 Å². The van der Waals surface area contributed by atoms with Crippen LogP contribution in [0.25, 0.3) is 0 Å². The molecule has 0 aliphatic carbocycles. The molecule has 1 N–H and O–H groups in total. The van der Waals surface area contributed by atoms with Crippen molar-refractivity contribution < 1.29 is 52.7 Å². The molecule has 48 heavy (non-hydrogen) atoms. The van der Waals surface area contributed by atoms with Gasteiger partial charge in [0.15, 0.2) is 11.5 Å². The molecule has 0 bridgehead atoms. The highest BCUT2D eigenvalue weighted by Crippen LogP contribution is 2.39. The smallest absolute Gasteiger partial charge is 0.335 e. The molecule has 11 nitrogen and oxygen atoms in total. The van der Waals surface area contributed by atoms with Gasteiger partial charge in [-0.15, -0.1) is 0 Å². The molecule has 1 rings (SSSR count). The lowest BCUT2D eigenvalue weighted by Gasteiger charge is -2.18. The Morgan fingerprint density at radius 3 is 1.08 bits per heavy atom. The Labute approximate surface area is 285 Å². The first kappa shape index (κ1) is 41.7. The average molecular weight is 675 g/mol. The maximum Gasteiger partial charge on any atom is 0.335 e. The summed E-state index contributed by atoms with van der Waals surface area (Å²) in [5.74, 6) is -1.29. The standard InChI is InChI=1S/C37H54O11/c1-4-33(38)45-24-18-12-7-10-16-22-43-31-28-30(37(41)42)29-32(44-23-17-11-8-13-19-25-46-34(39)5-2)36(31)48-27-21-15-9-14-20-26-47-35(40)6-3/h4-6,28-29H,1-3,7-27H2,(H,41,42). The number of esters is 3. The average Bonchev–Trinajstić information content (AvgIpc) is 3.09. The normalized spacial score (nSPS) is 10.4. The topological polar surface area (TPSA) is 144 Å². The van der Waals surface area contributed by atoms with E-state index in [1.165, 1.54) is 12.1 Å². The zero-order valence-corrected chi connectivity index (χ0v) is 28.4. The van der Waals surface area contributed by atoms with Crippen LogP contribution in [0, 0.1) is 0 Å². The van der Waals surface area contributed by atoms with Crippen molar-refractivity contribution in [2.75, 3.05) is 39.6 Å². The maximum absolute atomic E-state index is 11.9. The maximum atomic E-state index is 11.9. The van der Waals surface area contributed by atoms with Crippen LogP contribution in [0.4, 0.5) is 0 Å². The Kier molecular flexibility index (Phi) is 24.2. The summed E-state index contributed by atoms with van der Waals surface area (Å²) in [5.41, 5.74) is 0.0487. The van der Waals surface area contributed by atoms with E-state index in [0.29, 0.717) is 56.9 Å². The number of hydrogen-bond donors (Lipinski definition) is 1. The lowest BCUT2D eigenvalue weighted by Crippen LogP contribution is -2.08. The van der Waals surface area contributed by atoms with Crippen LogP contribution in [-0.4, -0.2) is 68.6 Å². The van der Waals surface area contributed by atoms with Crippen molar-refractivity contribution in [1.29, 1.82) is 0 Å². The van der Waals surface area contributed by atoms with E-state index in [1.807, 2.05) is 0 Å². The Balaban J connectivity index is 2.69. The van der Waals surface area contributed by atoms with Crippen molar-refractivity contribution in [3.63, 3.8) is 0 Å². The van der Waals surface area contributed by atoms with E-state index in [9.17, 15) is 24.3 Å². The van der Waals surface area contributed by atoms with Gasteiger partial charge in [0.2, 0.25) is 5.75 Å². The van der Waals surface area contributed by atoms with Gasteiger partial charge in [-0.25, -0.2) is 19.2 Å². The van der Waals surface area contributed by atoms with Gasteiger partial charge in [0.05, 0.1) is 45.2 Å². The molecule has 268 valence electrons. The minimum absolute atomic E-state index is 0.0487. The molecule has 0 saturated carbocycles. The first-order valence-corrected chi connectivity index (χ1v) is 17.0. The van der Waals surface area contributed by atoms with Crippen molar-refractivity contribution in [3.05, 3.63) is 55.7 Å². The molecular weight excluding hydrogens is 620 g/mol. The summed E-state index contributed by atoms with van der Waals surface area (Å²) >= 11 is 0. The van der Waals surface area contributed by atoms with Crippen LogP contribution in [0.2, 0.25) is 0 Å². The van der Waals surface area contributed by atoms with Gasteiger partial charge >= 0.3 is 23.9 Å². The molecule has 11 heteroatoms. The van der Waals surface area contributed by atoms with Crippen LogP contribution in [0.5, 0.6) is 17.2 Å². The number of rotatable bonds is 31. The van der Waals surface area contributed by atoms with Crippen molar-refractivity contribution in [2.24, 2.45) is 0 Å². The van der Waals surface area contributed by atoms with Gasteiger partial charge in [0.1, 0.15) is 0 Å². The number of unbranched alkanes of at least 4 members (excludes halogenated alkanes) is 12. The predicted molar refractivity (Wildman–Crippen MR) is 183 cm³/mol. The number of ether oxygens (including phenoxy) is 6. The molecule has 1 aromatic rings. The number of aromatic carboxylic acids is 1. The second-order valence-electron chi connectivity index (χ2n) is 11.1. The Hall–Kier alpha value is -4.28. The molecule has 0 radical (unpaired) electrons. The second-order valence-corrected chi connectivity index (χ2v) is 11.1. The third-order valence-electron chi connectivity index (χ3n) is 7.13. The fraction of sp³-hybridized carbons (Fsp3) is 0.568. The zero-order chi connectivity index (χ0) is 35.2. The first-order valence-electron chi connectivity index (χ1n) is 17.0. The number of carboxylic acids is 1. The van der Waals surface area contributed by atoms with Crippen LogP contribution in [0.1, 0.15) is 107 Å². The first-order chi connectivity index (χ1) is 23.3. The van der Waals surface area contributed by atoms with Crippen LogP contribution in [-0.2, 0) is 28.6 Å². The number of carbonyl (C=O) groups excluding carboxylic acids is 3. The van der Waals surface area contributed by atoms with Crippen molar-refractivity contribution in [3.8, 4) is 17.2 Å². The zero-order valence-electron chi connectivity index (χ0n) is 28.4. The van der Waals surface area contributed by atoms with Crippen molar-refractivity contribution in [1.82, 2.24) is 0 Å². The van der Waals surface area contributed by atoms with Crippen LogP contribution in [0.15, 0.2) is 50.1 Å². The molecule has 0 spiro atoms. The van der Waals surface area contributed by atoms with Gasteiger partial charge in [-0.2, -0.15) is 0 Å². The fourth-order valence-electron chi connectivity index (χ4n) is 4.49. The largest absolute Gasteiger partial charge is 0.490 e. The predicted octanol–water partition coefficient (Wildman–Crippen LogP) is 7.56. The lowest BCUT2D eigenvalue weighted by atomic mass is 10.1. The molecule has 0 fully saturated rings. The minimum atomic E-state index is -1.09. The van der Waals surface area contributed by atoms with E-state index in [1.54, 1.807) is 0 Å². The quantitative estimate of drug-likeness (QED) is 0.0361. The number of benzene rings is 1. The lowest BCUT2D eigenvalue weighted by molar-refractivity contribution is -0.138. The van der Waals surface area contributed by atoms with Gasteiger partial charge < -0.3 is 33.5 Å². The van der Waals surface area contributed by atoms with Gasteiger partial charge in [-0.05, 0) is 50.7 Å². The Morgan fingerprint density at radius 1 is 0.479 bits per heavy atom. The van der Waals surface area contributed by atoms with E-state index in [-0.39, 0.29) is 5.56 Å². The summed E-state index contributed by atoms with van der Waals surface area (Å²) < 4.78 is 33.3. The van der Waals surface area contributed by atoms with E-state index < -0.39 is 23.9 Å². The number of hydrogen-bond acceptors (Lipinski definition) is 10. The highest BCUT2D eigenvalue weighted by atomic mass is 16.5. The second kappa shape index (κ2) is 27.8. The highest BCUT2D eigenvalue weighted by Gasteiger charge is 2.19. The fourth-order valence-corrected chi connectivity index (χ4v) is 4.49. The number of carbonyl (C=O) groups is 4. The summed E-state index contributed by atoms with van der Waals surface area (Å²) in [4.78, 5) is 45.3. The van der Waals surface area contributed by atoms with Gasteiger partial charge in [-0.3, -0.25) is 0 Å². The molecule has 0 saturated heterocycles. The van der Waals surface area contributed by atoms with Crippen LogP contribution >= 0.6 is 0 Å². The third-order valence-corrected chi connectivity index (χ3v) is 7.13. The molecule has 0 aliphatic rings. The molecule has 0 unspecified atom stereocenters. The van der Waals surface area contributed by atoms with Gasteiger partial charge in [-0.1, -0.05) is 77.5 Å². The van der Waals surface area contributed by atoms with Crippen LogP contribution in [0.3, 0.4) is 0 Å². The molecule has 0 aliphatic heterocycles. The molecule has 0 heterocycles. The monoisotopic (exact) mass is 674 g/mol. The van der Waals surface area contributed by atoms with Gasteiger partial charge in [0, 0.05) is 18.2 Å². The third kappa shape index (κ3) is 20.8. The van der Waals surface area contributed by atoms with Gasteiger partial charge in [0.25, 0.3) is 0 Å². The Bertz CT molecular complexity index is 1070. The summed E-state index contributed by atoms with van der Waals surface area (Å²) in [7, 11) is 0. The molecule has 1 aromatic carbocycles. The van der Waals surface area contributed by atoms with E-state index >= 15 is 0 Å². The van der Waals surface area contributed by atoms with E-state index in [2.05, 4.69) is 19.7 Å². The molecule has 0 aromatic heterocycles. The number of carboxylic acid groups (broad SMARTS) is 1. The molecular formula is C37H54O11. The summed E-state index contributed by atoms with van der Waals surface area (Å²) in [6.45, 7) is 12.4.